The summed E-state index contributed by atoms with van der Waals surface area (Å²) in [5.41, 5.74) is 2.21. The van der Waals surface area contributed by atoms with Gasteiger partial charge < -0.3 is 5.11 Å². The zero-order chi connectivity index (χ0) is 15.3. The lowest BCUT2D eigenvalue weighted by atomic mass is 10.2. The van der Waals surface area contributed by atoms with Gasteiger partial charge in [0.25, 0.3) is 0 Å². The molecular formula is C15H26O3S. The molecule has 0 aliphatic rings. The van der Waals surface area contributed by atoms with Gasteiger partial charge in [-0.2, -0.15) is 0 Å². The third-order valence-corrected chi connectivity index (χ3v) is 3.22. The van der Waals surface area contributed by atoms with Gasteiger partial charge in [-0.15, -0.1) is 0 Å². The maximum Gasteiger partial charge on any atom is 0.316 e. The molecule has 0 aliphatic carbocycles. The average Bonchev–Trinajstić information content (AvgIpc) is 2.34. The van der Waals surface area contributed by atoms with Gasteiger partial charge in [0.15, 0.2) is 0 Å². The summed E-state index contributed by atoms with van der Waals surface area (Å²) in [6.07, 6.45) is 8.48. The van der Waals surface area contributed by atoms with E-state index in [-0.39, 0.29) is 5.75 Å². The van der Waals surface area contributed by atoms with Crippen LogP contribution >= 0.6 is 0 Å². The first-order valence-corrected chi connectivity index (χ1v) is 8.00. The van der Waals surface area contributed by atoms with Crippen LogP contribution in [0.1, 0.15) is 41.0 Å². The molecule has 0 aromatic carbocycles. The van der Waals surface area contributed by atoms with Crippen LogP contribution in [0.5, 0.6) is 0 Å². The standard InChI is InChI=1S/C13H20O3S.C2H6/c1-4-12(8-6-5-7-11(2)3)9-17(16)10-13(14)15;1-2/h5-8H,4,9-10H2,1-3H3,(H,14,15);1-2H3/b6-5-,12-8+;. The molecule has 0 aliphatic heterocycles. The Bertz CT molecular complexity index is 362. The van der Waals surface area contributed by atoms with Gasteiger partial charge in [0.1, 0.15) is 5.75 Å². The summed E-state index contributed by atoms with van der Waals surface area (Å²) in [6.45, 7) is 9.99. The van der Waals surface area contributed by atoms with Crippen molar-refractivity contribution in [1.82, 2.24) is 0 Å². The minimum Gasteiger partial charge on any atom is -0.481 e. The van der Waals surface area contributed by atoms with E-state index in [0.717, 1.165) is 12.0 Å². The Morgan fingerprint density at radius 1 is 1.11 bits per heavy atom. The van der Waals surface area contributed by atoms with Crippen LogP contribution in [0.25, 0.3) is 0 Å². The van der Waals surface area contributed by atoms with Crippen molar-refractivity contribution >= 4 is 16.8 Å². The topological polar surface area (TPSA) is 54.4 Å². The van der Waals surface area contributed by atoms with Gasteiger partial charge >= 0.3 is 5.97 Å². The van der Waals surface area contributed by atoms with E-state index in [1.54, 1.807) is 0 Å². The Morgan fingerprint density at radius 3 is 2.05 bits per heavy atom. The number of rotatable bonds is 7. The van der Waals surface area contributed by atoms with Crippen molar-refractivity contribution in [1.29, 1.82) is 0 Å². The van der Waals surface area contributed by atoms with Gasteiger partial charge in [0, 0.05) is 16.6 Å². The molecule has 19 heavy (non-hydrogen) atoms. The van der Waals surface area contributed by atoms with Crippen LogP contribution in [0.15, 0.2) is 35.5 Å². The molecule has 110 valence electrons. The largest absolute Gasteiger partial charge is 0.481 e. The van der Waals surface area contributed by atoms with E-state index in [4.69, 9.17) is 5.11 Å². The minimum absolute atomic E-state index is 0.283. The number of carbonyl (C=O) groups is 1. The molecule has 4 heteroatoms. The van der Waals surface area contributed by atoms with Crippen LogP contribution in [0.2, 0.25) is 0 Å². The molecule has 0 saturated carbocycles. The second-order valence-electron chi connectivity index (χ2n) is 3.93. The van der Waals surface area contributed by atoms with Crippen molar-refractivity contribution in [3.8, 4) is 0 Å². The summed E-state index contributed by atoms with van der Waals surface area (Å²) < 4.78 is 11.4. The van der Waals surface area contributed by atoms with Crippen molar-refractivity contribution in [2.24, 2.45) is 0 Å². The maximum absolute atomic E-state index is 11.4. The molecule has 0 bridgehead atoms. The molecule has 0 spiro atoms. The molecule has 0 aromatic rings. The monoisotopic (exact) mass is 286 g/mol. The third kappa shape index (κ3) is 14.8. The molecule has 3 nitrogen and oxygen atoms in total. The Hall–Kier alpha value is -1.16. The molecule has 0 fully saturated rings. The van der Waals surface area contributed by atoms with E-state index in [2.05, 4.69) is 0 Å². The predicted molar refractivity (Wildman–Crippen MR) is 83.8 cm³/mol. The molecule has 0 radical (unpaired) electrons. The average molecular weight is 286 g/mol. The summed E-state index contributed by atoms with van der Waals surface area (Å²) in [4.78, 5) is 10.4. The number of allylic oxidation sites excluding steroid dienone is 5. The molecule has 0 rings (SSSR count). The number of carboxylic acid groups (broad SMARTS) is 1. The zero-order valence-corrected chi connectivity index (χ0v) is 13.4. The highest BCUT2D eigenvalue weighted by Gasteiger charge is 2.07. The lowest BCUT2D eigenvalue weighted by Crippen LogP contribution is -2.12. The SMILES string of the molecule is CC.CC/C(=C\C=C/C=C(C)C)CS(=O)CC(=O)O. The molecule has 0 heterocycles. The fourth-order valence-corrected chi connectivity index (χ4v) is 2.19. The molecular weight excluding hydrogens is 260 g/mol. The molecule has 1 N–H and O–H groups in total. The highest BCUT2D eigenvalue weighted by Crippen LogP contribution is 2.04. The Labute approximate surface area is 119 Å². The highest BCUT2D eigenvalue weighted by molar-refractivity contribution is 7.85. The number of carboxylic acids is 1. The summed E-state index contributed by atoms with van der Waals surface area (Å²) in [7, 11) is -1.31. The molecule has 0 aromatic heterocycles. The van der Waals surface area contributed by atoms with Gasteiger partial charge in [-0.3, -0.25) is 9.00 Å². The molecule has 1 atom stereocenters. The first-order valence-electron chi connectivity index (χ1n) is 6.52. The number of hydrogen-bond acceptors (Lipinski definition) is 2. The fraction of sp³-hybridized carbons (Fsp3) is 0.533. The first-order chi connectivity index (χ1) is 8.95. The van der Waals surface area contributed by atoms with E-state index in [0.29, 0.717) is 5.75 Å². The lowest BCUT2D eigenvalue weighted by molar-refractivity contribution is -0.133. The maximum atomic E-state index is 11.4. The van der Waals surface area contributed by atoms with Crippen LogP contribution in [-0.4, -0.2) is 26.8 Å². The van der Waals surface area contributed by atoms with Crippen molar-refractivity contribution < 1.29 is 14.1 Å². The van der Waals surface area contributed by atoms with Crippen molar-refractivity contribution in [2.75, 3.05) is 11.5 Å². The van der Waals surface area contributed by atoms with E-state index >= 15 is 0 Å². The second-order valence-corrected chi connectivity index (χ2v) is 5.39. The number of hydrogen-bond donors (Lipinski definition) is 1. The number of aliphatic carboxylic acids is 1. The smallest absolute Gasteiger partial charge is 0.316 e. The quantitative estimate of drug-likeness (QED) is 0.726. The van der Waals surface area contributed by atoms with Gasteiger partial charge in [-0.25, -0.2) is 0 Å². The second kappa shape index (κ2) is 13.3. The predicted octanol–water partition coefficient (Wildman–Crippen LogP) is 3.70. The molecule has 0 amide bonds. The summed E-state index contributed by atoms with van der Waals surface area (Å²) in [5.74, 6) is -0.962. The van der Waals surface area contributed by atoms with E-state index < -0.39 is 16.8 Å². The normalized spacial score (nSPS) is 12.6. The summed E-state index contributed by atoms with van der Waals surface area (Å²) in [5, 5.41) is 8.51. The molecule has 0 saturated heterocycles. The van der Waals surface area contributed by atoms with Gasteiger partial charge in [0.05, 0.1) is 0 Å². The molecule has 1 unspecified atom stereocenters. The van der Waals surface area contributed by atoms with Gasteiger partial charge in [-0.05, 0) is 20.3 Å². The van der Waals surface area contributed by atoms with Gasteiger partial charge in [-0.1, -0.05) is 56.2 Å². The van der Waals surface area contributed by atoms with Crippen molar-refractivity contribution in [3.05, 3.63) is 35.5 Å². The summed E-state index contributed by atoms with van der Waals surface area (Å²) in [6, 6.07) is 0. The van der Waals surface area contributed by atoms with Gasteiger partial charge in [0.2, 0.25) is 0 Å². The van der Waals surface area contributed by atoms with Crippen LogP contribution in [0.3, 0.4) is 0 Å². The minimum atomic E-state index is -1.31. The Morgan fingerprint density at radius 2 is 1.63 bits per heavy atom. The van der Waals surface area contributed by atoms with E-state index in [9.17, 15) is 9.00 Å². The van der Waals surface area contributed by atoms with Crippen LogP contribution < -0.4 is 0 Å². The van der Waals surface area contributed by atoms with E-state index in [1.807, 2.05) is 58.9 Å². The van der Waals surface area contributed by atoms with E-state index in [1.165, 1.54) is 5.57 Å². The van der Waals surface area contributed by atoms with Crippen LogP contribution in [0, 0.1) is 0 Å². The van der Waals surface area contributed by atoms with Crippen LogP contribution in [0.4, 0.5) is 0 Å². The highest BCUT2D eigenvalue weighted by atomic mass is 32.2. The van der Waals surface area contributed by atoms with Crippen molar-refractivity contribution in [2.45, 2.75) is 41.0 Å². The van der Waals surface area contributed by atoms with Crippen molar-refractivity contribution in [3.63, 3.8) is 0 Å². The zero-order valence-electron chi connectivity index (χ0n) is 12.6. The van der Waals surface area contributed by atoms with Crippen LogP contribution in [-0.2, 0) is 15.6 Å². The third-order valence-electron chi connectivity index (χ3n) is 1.96. The fourth-order valence-electron chi connectivity index (χ4n) is 1.10. The Kier molecular flexibility index (Phi) is 14.1. The Balaban J connectivity index is 0. The summed E-state index contributed by atoms with van der Waals surface area (Å²) >= 11 is 0. The lowest BCUT2D eigenvalue weighted by Gasteiger charge is -2.01. The first kappa shape index (κ1) is 20.2.